The third-order valence-electron chi connectivity index (χ3n) is 3.20. The zero-order valence-electron chi connectivity index (χ0n) is 11.4. The van der Waals surface area contributed by atoms with E-state index in [0.29, 0.717) is 0 Å². The van der Waals surface area contributed by atoms with Crippen LogP contribution < -0.4 is 5.32 Å². The molecule has 0 saturated heterocycles. The van der Waals surface area contributed by atoms with Gasteiger partial charge in [-0.15, -0.1) is 0 Å². The molecule has 0 aliphatic carbocycles. The third kappa shape index (κ3) is 2.79. The second-order valence-electron chi connectivity index (χ2n) is 4.65. The maximum absolute atomic E-state index is 4.61. The fourth-order valence-corrected chi connectivity index (χ4v) is 1.97. The van der Waals surface area contributed by atoms with Gasteiger partial charge in [-0.2, -0.15) is 5.10 Å². The lowest BCUT2D eigenvalue weighted by molar-refractivity contribution is 0.656. The highest BCUT2D eigenvalue weighted by Gasteiger charge is 2.05. The number of aromatic nitrogens is 2. The lowest BCUT2D eigenvalue weighted by atomic mass is 10.1. The van der Waals surface area contributed by atoms with Gasteiger partial charge >= 0.3 is 0 Å². The summed E-state index contributed by atoms with van der Waals surface area (Å²) in [5, 5.41) is 7.97. The van der Waals surface area contributed by atoms with Gasteiger partial charge < -0.3 is 5.32 Å². The second kappa shape index (κ2) is 5.83. The van der Waals surface area contributed by atoms with Gasteiger partial charge in [0.05, 0.1) is 11.4 Å². The predicted octanol–water partition coefficient (Wildman–Crippen LogP) is 2.99. The molecule has 0 saturated carbocycles. The summed E-state index contributed by atoms with van der Waals surface area (Å²) in [6.07, 6.45) is 3.18. The molecule has 0 fully saturated rings. The first-order valence-corrected chi connectivity index (χ1v) is 6.54. The van der Waals surface area contributed by atoms with Crippen molar-refractivity contribution in [1.82, 2.24) is 15.1 Å². The smallest absolute Gasteiger partial charge is 0.0766 e. The van der Waals surface area contributed by atoms with E-state index in [0.717, 1.165) is 30.9 Å². The fraction of sp³-hybridized carbons (Fsp3) is 0.400. The highest BCUT2D eigenvalue weighted by Crippen LogP contribution is 2.16. The Morgan fingerprint density at radius 3 is 2.83 bits per heavy atom. The molecule has 0 spiro atoms. The number of benzene rings is 1. The van der Waals surface area contributed by atoms with Crippen molar-refractivity contribution < 1.29 is 0 Å². The molecule has 0 radical (unpaired) electrons. The molecule has 2 rings (SSSR count). The summed E-state index contributed by atoms with van der Waals surface area (Å²) in [5.74, 6) is 0. The highest BCUT2D eigenvalue weighted by atomic mass is 15.3. The Kier molecular flexibility index (Phi) is 4.15. The van der Waals surface area contributed by atoms with Gasteiger partial charge in [0.1, 0.15) is 0 Å². The van der Waals surface area contributed by atoms with Crippen molar-refractivity contribution in [1.29, 1.82) is 0 Å². The van der Waals surface area contributed by atoms with Crippen LogP contribution in [-0.2, 0) is 6.54 Å². The first-order chi connectivity index (χ1) is 8.72. The van der Waals surface area contributed by atoms with E-state index in [4.69, 9.17) is 0 Å². The van der Waals surface area contributed by atoms with Crippen molar-refractivity contribution in [3.8, 4) is 5.69 Å². The number of nitrogens with one attached hydrogen (secondary N) is 1. The van der Waals surface area contributed by atoms with Crippen molar-refractivity contribution in [2.24, 2.45) is 0 Å². The minimum Gasteiger partial charge on any atom is -0.311 e. The summed E-state index contributed by atoms with van der Waals surface area (Å²) in [7, 11) is 0. The lowest BCUT2D eigenvalue weighted by Crippen LogP contribution is -2.14. The molecule has 0 amide bonds. The molecule has 0 atom stereocenters. The molecule has 1 N–H and O–H groups in total. The van der Waals surface area contributed by atoms with Gasteiger partial charge in [0.25, 0.3) is 0 Å². The van der Waals surface area contributed by atoms with Crippen LogP contribution in [0.3, 0.4) is 0 Å². The first-order valence-electron chi connectivity index (χ1n) is 6.54. The van der Waals surface area contributed by atoms with Gasteiger partial charge in [-0.1, -0.05) is 19.1 Å². The lowest BCUT2D eigenvalue weighted by Gasteiger charge is -2.08. The Hall–Kier alpha value is -1.61. The van der Waals surface area contributed by atoms with E-state index in [1.165, 1.54) is 11.1 Å². The standard InChI is InChI=1S/C15H21N3/c1-4-9-16-11-14-8-10-18(17-14)15-7-5-6-12(2)13(15)3/h5-8,10,16H,4,9,11H2,1-3H3. The third-order valence-corrected chi connectivity index (χ3v) is 3.20. The normalized spacial score (nSPS) is 10.8. The molecule has 1 aromatic heterocycles. The quantitative estimate of drug-likeness (QED) is 0.818. The van der Waals surface area contributed by atoms with Gasteiger partial charge in [0.15, 0.2) is 0 Å². The molecular formula is C15H21N3. The average molecular weight is 243 g/mol. The number of aryl methyl sites for hydroxylation is 1. The van der Waals surface area contributed by atoms with E-state index in [-0.39, 0.29) is 0 Å². The topological polar surface area (TPSA) is 29.9 Å². The molecule has 1 aromatic carbocycles. The van der Waals surface area contributed by atoms with Crippen LogP contribution in [0.4, 0.5) is 0 Å². The Bertz CT molecular complexity index is 514. The molecule has 1 heterocycles. The maximum Gasteiger partial charge on any atom is 0.0766 e. The zero-order chi connectivity index (χ0) is 13.0. The average Bonchev–Trinajstić information content (AvgIpc) is 2.82. The Morgan fingerprint density at radius 1 is 1.22 bits per heavy atom. The first kappa shape index (κ1) is 12.8. The molecule has 3 nitrogen and oxygen atoms in total. The van der Waals surface area contributed by atoms with Crippen LogP contribution in [0.15, 0.2) is 30.5 Å². The van der Waals surface area contributed by atoms with Crippen LogP contribution in [0.25, 0.3) is 5.69 Å². The summed E-state index contributed by atoms with van der Waals surface area (Å²) in [5.41, 5.74) is 4.84. The molecule has 0 unspecified atom stereocenters. The molecule has 2 aromatic rings. The number of rotatable bonds is 5. The highest BCUT2D eigenvalue weighted by molar-refractivity contribution is 5.44. The minimum atomic E-state index is 0.839. The monoisotopic (exact) mass is 243 g/mol. The molecular weight excluding hydrogens is 222 g/mol. The molecule has 0 aliphatic heterocycles. The predicted molar refractivity (Wildman–Crippen MR) is 75.0 cm³/mol. The molecule has 0 bridgehead atoms. The number of hydrogen-bond donors (Lipinski definition) is 1. The van der Waals surface area contributed by atoms with Crippen molar-refractivity contribution in [3.63, 3.8) is 0 Å². The van der Waals surface area contributed by atoms with E-state index in [1.807, 2.05) is 10.9 Å². The summed E-state index contributed by atoms with van der Waals surface area (Å²) in [6, 6.07) is 8.39. The number of nitrogens with zero attached hydrogens (tertiary/aromatic N) is 2. The van der Waals surface area contributed by atoms with Crippen LogP contribution >= 0.6 is 0 Å². The van der Waals surface area contributed by atoms with Crippen LogP contribution in [0.2, 0.25) is 0 Å². The fourth-order valence-electron chi connectivity index (χ4n) is 1.97. The van der Waals surface area contributed by atoms with Crippen molar-refractivity contribution >= 4 is 0 Å². The summed E-state index contributed by atoms with van der Waals surface area (Å²) < 4.78 is 1.96. The van der Waals surface area contributed by atoms with Crippen LogP contribution in [0.1, 0.15) is 30.2 Å². The Labute approximate surface area is 109 Å². The van der Waals surface area contributed by atoms with Crippen LogP contribution in [0.5, 0.6) is 0 Å². The largest absolute Gasteiger partial charge is 0.311 e. The molecule has 3 heteroatoms. The van der Waals surface area contributed by atoms with E-state index in [9.17, 15) is 0 Å². The van der Waals surface area contributed by atoms with Crippen molar-refractivity contribution in [2.45, 2.75) is 33.7 Å². The summed E-state index contributed by atoms with van der Waals surface area (Å²) in [4.78, 5) is 0. The maximum atomic E-state index is 4.61. The van der Waals surface area contributed by atoms with Gasteiger partial charge in [0.2, 0.25) is 0 Å². The van der Waals surface area contributed by atoms with Gasteiger partial charge in [-0.25, -0.2) is 4.68 Å². The Balaban J connectivity index is 2.16. The second-order valence-corrected chi connectivity index (χ2v) is 4.65. The van der Waals surface area contributed by atoms with Gasteiger partial charge in [0, 0.05) is 12.7 Å². The summed E-state index contributed by atoms with van der Waals surface area (Å²) in [6.45, 7) is 8.32. The summed E-state index contributed by atoms with van der Waals surface area (Å²) >= 11 is 0. The molecule has 0 aliphatic rings. The number of hydrogen-bond acceptors (Lipinski definition) is 2. The van der Waals surface area contributed by atoms with Crippen molar-refractivity contribution in [2.75, 3.05) is 6.54 Å². The SMILES string of the molecule is CCCNCc1ccn(-c2cccc(C)c2C)n1. The minimum absolute atomic E-state index is 0.839. The van der Waals surface area contributed by atoms with Crippen LogP contribution in [-0.4, -0.2) is 16.3 Å². The van der Waals surface area contributed by atoms with Crippen molar-refractivity contribution in [3.05, 3.63) is 47.3 Å². The van der Waals surface area contributed by atoms with E-state index < -0.39 is 0 Å². The van der Waals surface area contributed by atoms with E-state index in [2.05, 4.69) is 55.5 Å². The van der Waals surface area contributed by atoms with E-state index in [1.54, 1.807) is 0 Å². The molecule has 96 valence electrons. The molecule has 18 heavy (non-hydrogen) atoms. The van der Waals surface area contributed by atoms with E-state index >= 15 is 0 Å². The van der Waals surface area contributed by atoms with Gasteiger partial charge in [-0.05, 0) is 50.1 Å². The van der Waals surface area contributed by atoms with Gasteiger partial charge in [-0.3, -0.25) is 0 Å². The Morgan fingerprint density at radius 2 is 2.06 bits per heavy atom. The zero-order valence-corrected chi connectivity index (χ0v) is 11.4. The van der Waals surface area contributed by atoms with Crippen LogP contribution in [0, 0.1) is 13.8 Å².